The molecule has 0 fully saturated rings. The fourth-order valence-electron chi connectivity index (χ4n) is 10.2. The smallest absolute Gasteiger partial charge is 0.245 e. The topological polar surface area (TPSA) is 461 Å². The quantitative estimate of drug-likeness (QED) is 0.0235. The number of unbranched alkanes of at least 4 members (excludes halogenated alkanes) is 13. The summed E-state index contributed by atoms with van der Waals surface area (Å²) in [6.45, 7) is 19.7. The van der Waals surface area contributed by atoms with Crippen LogP contribution in [0.2, 0.25) is 0 Å². The van der Waals surface area contributed by atoms with Gasteiger partial charge in [-0.1, -0.05) is 139 Å². The molecule has 0 aliphatic rings. The first-order chi connectivity index (χ1) is 43.4. The molecule has 0 aromatic heterocycles. The van der Waals surface area contributed by atoms with Gasteiger partial charge < -0.3 is 86.1 Å². The lowest BCUT2D eigenvalue weighted by molar-refractivity contribution is -0.137. The third kappa shape index (κ3) is 38.2. The molecule has 530 valence electrons. The van der Waals surface area contributed by atoms with Gasteiger partial charge in [0.1, 0.15) is 54.4 Å². The van der Waals surface area contributed by atoms with Gasteiger partial charge in [-0.2, -0.15) is 0 Å². The summed E-state index contributed by atoms with van der Waals surface area (Å²) in [6, 6.07) is -11.2. The van der Waals surface area contributed by atoms with E-state index < -0.39 is 120 Å². The van der Waals surface area contributed by atoms with E-state index >= 15 is 0 Å². The van der Waals surface area contributed by atoms with Gasteiger partial charge in [-0.15, -0.1) is 0 Å². The molecule has 0 heterocycles. The second kappa shape index (κ2) is 48.8. The first-order valence-corrected chi connectivity index (χ1v) is 33.9. The van der Waals surface area contributed by atoms with Crippen molar-refractivity contribution < 1.29 is 53.1 Å². The number of carbonyl (C=O) groups excluding carboxylic acids is 10. The van der Waals surface area contributed by atoms with Gasteiger partial charge in [0, 0.05) is 26.6 Å². The summed E-state index contributed by atoms with van der Waals surface area (Å²) in [5.74, 6) is -8.68. The molecule has 21 N–H and O–H groups in total. The molecule has 0 saturated heterocycles. The minimum absolute atomic E-state index is 0.0440. The van der Waals surface area contributed by atoms with Gasteiger partial charge >= 0.3 is 0 Å². The largest absolute Gasteiger partial charge is 0.391 e. The number of aliphatic hydroxyl groups is 1. The maximum absolute atomic E-state index is 14.2. The molecule has 92 heavy (non-hydrogen) atoms. The average Bonchev–Trinajstić information content (AvgIpc) is 0.932. The number of likely N-dealkylation sites (N-methyl/N-ethyl adjacent to an activating group) is 1. The van der Waals surface area contributed by atoms with E-state index in [0.717, 1.165) is 19.3 Å². The Bertz CT molecular complexity index is 2250. The van der Waals surface area contributed by atoms with E-state index in [2.05, 4.69) is 70.7 Å². The molecule has 0 radical (unpaired) electrons. The summed E-state index contributed by atoms with van der Waals surface area (Å²) in [5, 5.41) is 57.8. The number of aliphatic hydroxyl groups excluding tert-OH is 1. The number of nitrogens with one attached hydrogen (secondary N) is 14. The molecule has 0 spiro atoms. The number of hydrogen-bond donors (Lipinski definition) is 18. The monoisotopic (exact) mass is 1310 g/mol. The molecule has 28 nitrogen and oxygen atoms in total. The van der Waals surface area contributed by atoms with Crippen LogP contribution in [-0.2, 0) is 47.9 Å². The van der Waals surface area contributed by atoms with E-state index in [0.29, 0.717) is 25.7 Å². The van der Waals surface area contributed by atoms with Crippen LogP contribution in [0.5, 0.6) is 0 Å². The van der Waals surface area contributed by atoms with Gasteiger partial charge in [-0.05, 0) is 108 Å². The van der Waals surface area contributed by atoms with E-state index in [1.54, 1.807) is 27.7 Å². The van der Waals surface area contributed by atoms with Crippen LogP contribution < -0.4 is 81.0 Å². The summed E-state index contributed by atoms with van der Waals surface area (Å²) < 4.78 is 0. The van der Waals surface area contributed by atoms with Crippen molar-refractivity contribution in [3.05, 3.63) is 0 Å². The van der Waals surface area contributed by atoms with Gasteiger partial charge in [0.15, 0.2) is 11.9 Å². The maximum atomic E-state index is 14.2. The molecule has 0 bridgehead atoms. The zero-order valence-electron chi connectivity index (χ0n) is 57.7. The second-order valence-corrected chi connectivity index (χ2v) is 25.9. The van der Waals surface area contributed by atoms with E-state index in [9.17, 15) is 53.1 Å². The molecular formula is C64H123N17O11. The lowest BCUT2D eigenvalue weighted by Crippen LogP contribution is -2.62. The molecule has 0 unspecified atom stereocenters. The Labute approximate surface area is 548 Å². The standard InChI is InChI=1S/C64H123N17O11/c1-13-14-15-16-17-18-19-20-21-22-23-24-25-33-50(83)79-51(41(6)7)60(90)75-47(32-29-36-72-64(68)69)57(87)80-52(42(8)9)61(91)78-48(37-39(2)3)58(88)73-43(10)54(84)81-53(44(11)82)62(92)76-46(30-26-27-34-65)56(86)77-49(38-40(4)5)59(89)74-45(55(85)70-12)31-28-35-71-63(66)67/h39-49,51-53,82H,13-38,65H2,1-12H3,(H,70,85)(H,73,88)(H,74,89)(H,75,90)(H,76,92)(H,77,86)(H,78,91)(H,79,83)(H,80,87)(H,81,84)(H4,66,67,71)(H4,68,69,72)/t43-,44+,45-,46-,47-,48-,49-,51-,52-,53-/m0/s1. The third-order valence-electron chi connectivity index (χ3n) is 15.6. The summed E-state index contributed by atoms with van der Waals surface area (Å²) in [7, 11) is 1.41. The lowest BCUT2D eigenvalue weighted by Gasteiger charge is -2.30. The predicted octanol–water partition coefficient (Wildman–Crippen LogP) is 2.04. The number of amides is 10. The Balaban J connectivity index is 6.26. The zero-order valence-corrected chi connectivity index (χ0v) is 57.7. The molecule has 0 saturated carbocycles. The second-order valence-electron chi connectivity index (χ2n) is 25.9. The predicted molar refractivity (Wildman–Crippen MR) is 359 cm³/mol. The van der Waals surface area contributed by atoms with Crippen LogP contribution in [0.3, 0.4) is 0 Å². The van der Waals surface area contributed by atoms with Crippen molar-refractivity contribution in [1.29, 1.82) is 10.8 Å². The SMILES string of the molecule is CCCCCCCCCCCCCCCC(=O)N[C@H](C(=O)N[C@@H](CCCNC(=N)N)C(=O)N[C@H](C(=O)N[C@@H](CC(C)C)C(=O)N[C@@H](C)C(=O)N[C@H](C(=O)N[C@@H](CCCCN)C(=O)N[C@@H](CC(C)C)C(=O)N[C@@H](CCCNC(=N)N)C(=O)NC)[C@@H](C)O)C(C)C)C(C)C. The highest BCUT2D eigenvalue weighted by atomic mass is 16.3. The van der Waals surface area contributed by atoms with Crippen LogP contribution in [-0.4, -0.2) is 163 Å². The third-order valence-corrected chi connectivity index (χ3v) is 15.6. The van der Waals surface area contributed by atoms with Crippen LogP contribution >= 0.6 is 0 Å². The lowest BCUT2D eigenvalue weighted by atomic mass is 9.98. The van der Waals surface area contributed by atoms with Crippen LogP contribution in [0.1, 0.15) is 224 Å². The highest BCUT2D eigenvalue weighted by Gasteiger charge is 2.37. The minimum Gasteiger partial charge on any atom is -0.391 e. The highest BCUT2D eigenvalue weighted by molar-refractivity contribution is 5.98. The Morgan fingerprint density at radius 1 is 0.391 bits per heavy atom. The van der Waals surface area contributed by atoms with Crippen LogP contribution in [0, 0.1) is 34.5 Å². The summed E-state index contributed by atoms with van der Waals surface area (Å²) in [6.07, 6.45) is 15.8. The van der Waals surface area contributed by atoms with Crippen LogP contribution in [0.15, 0.2) is 0 Å². The van der Waals surface area contributed by atoms with Crippen molar-refractivity contribution in [3.8, 4) is 0 Å². The van der Waals surface area contributed by atoms with Gasteiger partial charge in [0.25, 0.3) is 0 Å². The van der Waals surface area contributed by atoms with Crippen molar-refractivity contribution in [2.75, 3.05) is 26.7 Å². The molecule has 10 amide bonds. The fraction of sp³-hybridized carbons (Fsp3) is 0.812. The molecule has 0 aromatic carbocycles. The van der Waals surface area contributed by atoms with Gasteiger partial charge in [-0.3, -0.25) is 58.8 Å². The molecule has 0 aliphatic carbocycles. The van der Waals surface area contributed by atoms with E-state index in [-0.39, 0.29) is 100 Å². The van der Waals surface area contributed by atoms with Crippen molar-refractivity contribution in [3.63, 3.8) is 0 Å². The first kappa shape index (κ1) is 85.2. The zero-order chi connectivity index (χ0) is 69.9. The van der Waals surface area contributed by atoms with Crippen molar-refractivity contribution in [2.45, 2.75) is 284 Å². The van der Waals surface area contributed by atoms with Crippen molar-refractivity contribution >= 4 is 71.0 Å². The minimum atomic E-state index is -1.67. The molecule has 0 aromatic rings. The summed E-state index contributed by atoms with van der Waals surface area (Å²) in [4.78, 5) is 138. The number of hydrogen-bond acceptors (Lipinski definition) is 14. The number of guanidine groups is 2. The van der Waals surface area contributed by atoms with Gasteiger partial charge in [-0.25, -0.2) is 0 Å². The first-order valence-electron chi connectivity index (χ1n) is 33.9. The highest BCUT2D eigenvalue weighted by Crippen LogP contribution is 2.16. The number of rotatable bonds is 51. The average molecular weight is 1310 g/mol. The normalized spacial score (nSPS) is 14.6. The molecule has 0 rings (SSSR count). The van der Waals surface area contributed by atoms with Crippen molar-refractivity contribution in [2.24, 2.45) is 40.9 Å². The maximum Gasteiger partial charge on any atom is 0.245 e. The molecule has 28 heteroatoms. The fourth-order valence-corrected chi connectivity index (χ4v) is 10.2. The number of nitrogens with two attached hydrogens (primary N) is 3. The van der Waals surface area contributed by atoms with Gasteiger partial charge in [0.05, 0.1) is 6.10 Å². The van der Waals surface area contributed by atoms with Gasteiger partial charge in [0.2, 0.25) is 59.1 Å². The molecule has 0 aliphatic heterocycles. The molecule has 10 atom stereocenters. The Morgan fingerprint density at radius 3 is 1.15 bits per heavy atom. The Morgan fingerprint density at radius 2 is 0.739 bits per heavy atom. The Kier molecular flexibility index (Phi) is 45.2. The summed E-state index contributed by atoms with van der Waals surface area (Å²) >= 11 is 0. The Hall–Kier alpha value is -6.84. The summed E-state index contributed by atoms with van der Waals surface area (Å²) in [5.41, 5.74) is 16.6. The van der Waals surface area contributed by atoms with E-state index in [1.807, 2.05) is 27.7 Å². The van der Waals surface area contributed by atoms with Crippen molar-refractivity contribution in [1.82, 2.24) is 63.8 Å². The van der Waals surface area contributed by atoms with Crippen LogP contribution in [0.25, 0.3) is 0 Å². The van der Waals surface area contributed by atoms with E-state index in [1.165, 1.54) is 78.7 Å². The molecular weight excluding hydrogens is 1180 g/mol. The van der Waals surface area contributed by atoms with Crippen LogP contribution in [0.4, 0.5) is 0 Å². The van der Waals surface area contributed by atoms with E-state index in [4.69, 9.17) is 28.0 Å². The number of carbonyl (C=O) groups is 10.